The highest BCUT2D eigenvalue weighted by Gasteiger charge is 2.23. The minimum absolute atomic E-state index is 0.0541. The van der Waals surface area contributed by atoms with Crippen molar-refractivity contribution < 1.29 is 4.79 Å². The Kier molecular flexibility index (Phi) is 4.69. The topological polar surface area (TPSA) is 77.0 Å². The number of amides is 1. The van der Waals surface area contributed by atoms with E-state index >= 15 is 0 Å². The molecular weight excluding hydrogens is 374 g/mol. The number of carbonyl (C=O) groups excluding carboxylic acids is 1. The summed E-state index contributed by atoms with van der Waals surface area (Å²) in [6, 6.07) is 11.9. The first-order valence-corrected chi connectivity index (χ1v) is 10.5. The van der Waals surface area contributed by atoms with E-state index in [0.717, 1.165) is 27.8 Å². The monoisotopic (exact) mass is 389 g/mol. The van der Waals surface area contributed by atoms with E-state index in [2.05, 4.69) is 16.3 Å². The van der Waals surface area contributed by atoms with Gasteiger partial charge in [0.25, 0.3) is 0 Å². The molecule has 0 aliphatic carbocycles. The number of aromatic nitrogens is 3. The smallest absolute Gasteiger partial charge is 0.237 e. The lowest BCUT2D eigenvalue weighted by Gasteiger charge is -2.28. The van der Waals surface area contributed by atoms with Gasteiger partial charge in [-0.05, 0) is 23.6 Å². The number of hydrogen-bond donors (Lipinski definition) is 1. The molecule has 128 valence electrons. The average Bonchev–Trinajstić information content (AvgIpc) is 3.29. The van der Waals surface area contributed by atoms with Crippen LogP contribution in [0.15, 0.2) is 51.8 Å². The van der Waals surface area contributed by atoms with Crippen LogP contribution in [0.4, 0.5) is 5.69 Å². The SMILES string of the molecule is Nn1c(SCC(=O)N2CCSc3ccccc32)nnc1-c1cccs1. The fourth-order valence-electron chi connectivity index (χ4n) is 2.58. The Bertz CT molecular complexity index is 893. The predicted octanol–water partition coefficient (Wildman–Crippen LogP) is 2.95. The second-order valence-electron chi connectivity index (χ2n) is 5.30. The summed E-state index contributed by atoms with van der Waals surface area (Å²) in [5.41, 5.74) is 0.984. The van der Waals surface area contributed by atoms with Crippen LogP contribution >= 0.6 is 34.9 Å². The van der Waals surface area contributed by atoms with Crippen molar-refractivity contribution in [3.8, 4) is 10.7 Å². The molecule has 0 spiro atoms. The molecule has 6 nitrogen and oxygen atoms in total. The van der Waals surface area contributed by atoms with Crippen LogP contribution in [0.3, 0.4) is 0 Å². The van der Waals surface area contributed by atoms with E-state index in [9.17, 15) is 4.79 Å². The minimum atomic E-state index is 0.0541. The summed E-state index contributed by atoms with van der Waals surface area (Å²) in [6.07, 6.45) is 0. The van der Waals surface area contributed by atoms with Crippen molar-refractivity contribution >= 4 is 46.5 Å². The number of fused-ring (bicyclic) bond motifs is 1. The van der Waals surface area contributed by atoms with Gasteiger partial charge < -0.3 is 10.7 Å². The largest absolute Gasteiger partial charge is 0.335 e. The highest BCUT2D eigenvalue weighted by atomic mass is 32.2. The molecule has 3 aromatic rings. The summed E-state index contributed by atoms with van der Waals surface area (Å²) in [5, 5.41) is 10.8. The number of rotatable bonds is 4. The van der Waals surface area contributed by atoms with Crippen LogP contribution in [0.1, 0.15) is 0 Å². The van der Waals surface area contributed by atoms with Crippen molar-refractivity contribution in [2.45, 2.75) is 10.1 Å². The molecule has 25 heavy (non-hydrogen) atoms. The molecule has 0 bridgehead atoms. The molecule has 1 aromatic carbocycles. The summed E-state index contributed by atoms with van der Waals surface area (Å²) < 4.78 is 1.45. The van der Waals surface area contributed by atoms with Crippen LogP contribution in [0.25, 0.3) is 10.7 Å². The van der Waals surface area contributed by atoms with Crippen LogP contribution in [0.2, 0.25) is 0 Å². The van der Waals surface area contributed by atoms with Gasteiger partial charge in [-0.1, -0.05) is 30.0 Å². The van der Waals surface area contributed by atoms with Crippen molar-refractivity contribution in [3.63, 3.8) is 0 Å². The maximum atomic E-state index is 12.7. The van der Waals surface area contributed by atoms with E-state index in [4.69, 9.17) is 5.84 Å². The van der Waals surface area contributed by atoms with Crippen LogP contribution in [-0.4, -0.2) is 38.8 Å². The molecule has 4 rings (SSSR count). The highest BCUT2D eigenvalue weighted by molar-refractivity contribution is 8.00. The number of nitrogens with zero attached hydrogens (tertiary/aromatic N) is 4. The third-order valence-corrected chi connectivity index (χ3v) is 6.60. The Labute approximate surface area is 157 Å². The first-order chi connectivity index (χ1) is 12.2. The molecule has 0 fully saturated rings. The molecule has 0 atom stereocenters. The predicted molar refractivity (Wildman–Crippen MR) is 104 cm³/mol. The zero-order valence-corrected chi connectivity index (χ0v) is 15.6. The molecule has 1 aliphatic heterocycles. The summed E-state index contributed by atoms with van der Waals surface area (Å²) in [6.45, 7) is 0.719. The third kappa shape index (κ3) is 3.26. The van der Waals surface area contributed by atoms with E-state index in [1.54, 1.807) is 23.1 Å². The fourth-order valence-corrected chi connectivity index (χ4v) is 5.01. The van der Waals surface area contributed by atoms with Crippen LogP contribution in [0, 0.1) is 0 Å². The second-order valence-corrected chi connectivity index (χ2v) is 8.33. The standard InChI is InChI=1S/C16H15N5OS3/c17-21-15(13-6-3-8-23-13)18-19-16(21)25-10-14(22)20-7-9-24-12-5-2-1-4-11(12)20/h1-6,8H,7,9-10,17H2. The molecule has 0 saturated heterocycles. The first kappa shape index (κ1) is 16.5. The molecule has 9 heteroatoms. The maximum absolute atomic E-state index is 12.7. The summed E-state index contributed by atoms with van der Waals surface area (Å²) in [7, 11) is 0. The van der Waals surface area contributed by atoms with Crippen LogP contribution < -0.4 is 10.7 Å². The van der Waals surface area contributed by atoms with E-state index < -0.39 is 0 Å². The zero-order valence-electron chi connectivity index (χ0n) is 13.2. The molecule has 2 aromatic heterocycles. The van der Waals surface area contributed by atoms with Crippen molar-refractivity contribution in [1.29, 1.82) is 0 Å². The summed E-state index contributed by atoms with van der Waals surface area (Å²) >= 11 is 4.65. The maximum Gasteiger partial charge on any atom is 0.237 e. The first-order valence-electron chi connectivity index (χ1n) is 7.63. The molecule has 1 aliphatic rings. The number of nitrogen functional groups attached to an aromatic ring is 1. The van der Waals surface area contributed by atoms with Crippen molar-refractivity contribution in [2.24, 2.45) is 0 Å². The Morgan fingerprint density at radius 1 is 1.24 bits per heavy atom. The van der Waals surface area contributed by atoms with Gasteiger partial charge in [0.15, 0.2) is 5.82 Å². The number of anilines is 1. The number of benzene rings is 1. The van der Waals surface area contributed by atoms with Gasteiger partial charge in [-0.25, -0.2) is 4.68 Å². The van der Waals surface area contributed by atoms with Crippen LogP contribution in [-0.2, 0) is 4.79 Å². The van der Waals surface area contributed by atoms with E-state index in [1.807, 2.05) is 40.6 Å². The van der Waals surface area contributed by atoms with Crippen LogP contribution in [0.5, 0.6) is 0 Å². The van der Waals surface area contributed by atoms with Gasteiger partial charge in [-0.15, -0.1) is 33.3 Å². The Hall–Kier alpha value is -1.97. The Balaban J connectivity index is 1.47. The third-order valence-electron chi connectivity index (χ3n) is 3.76. The van der Waals surface area contributed by atoms with Gasteiger partial charge >= 0.3 is 0 Å². The molecule has 0 unspecified atom stereocenters. The number of nitrogens with two attached hydrogens (primary N) is 1. The normalized spacial score (nSPS) is 13.7. The number of thiophene rings is 1. The molecule has 3 heterocycles. The van der Waals surface area contributed by atoms with Gasteiger partial charge in [0.2, 0.25) is 11.1 Å². The molecular formula is C16H15N5OS3. The van der Waals surface area contributed by atoms with Gasteiger partial charge in [-0.2, -0.15) is 0 Å². The summed E-state index contributed by atoms with van der Waals surface area (Å²) in [4.78, 5) is 16.6. The number of thioether (sulfide) groups is 2. The average molecular weight is 390 g/mol. The van der Waals surface area contributed by atoms with Crippen molar-refractivity contribution in [1.82, 2.24) is 14.9 Å². The number of hydrogen-bond acceptors (Lipinski definition) is 7. The lowest BCUT2D eigenvalue weighted by atomic mass is 10.3. The molecule has 2 N–H and O–H groups in total. The van der Waals surface area contributed by atoms with Gasteiger partial charge in [0, 0.05) is 17.2 Å². The van der Waals surface area contributed by atoms with E-state index in [1.165, 1.54) is 16.4 Å². The lowest BCUT2D eigenvalue weighted by molar-refractivity contribution is -0.116. The molecule has 0 saturated carbocycles. The Morgan fingerprint density at radius 3 is 2.96 bits per heavy atom. The van der Waals surface area contributed by atoms with E-state index in [0.29, 0.717) is 11.0 Å². The van der Waals surface area contributed by atoms with Crippen molar-refractivity contribution in [3.05, 3.63) is 41.8 Å². The fraction of sp³-hybridized carbons (Fsp3) is 0.188. The van der Waals surface area contributed by atoms with E-state index in [-0.39, 0.29) is 11.7 Å². The quantitative estimate of drug-likeness (QED) is 0.546. The van der Waals surface area contributed by atoms with Gasteiger partial charge in [-0.3, -0.25) is 4.79 Å². The number of para-hydroxylation sites is 1. The second kappa shape index (κ2) is 7.11. The van der Waals surface area contributed by atoms with Crippen molar-refractivity contribution in [2.75, 3.05) is 28.8 Å². The molecule has 1 amide bonds. The lowest BCUT2D eigenvalue weighted by Crippen LogP contribution is -2.36. The highest BCUT2D eigenvalue weighted by Crippen LogP contribution is 2.35. The van der Waals surface area contributed by atoms with Gasteiger partial charge in [0.05, 0.1) is 16.3 Å². The number of carbonyl (C=O) groups is 1. The van der Waals surface area contributed by atoms with Gasteiger partial charge in [0.1, 0.15) is 0 Å². The summed E-state index contributed by atoms with van der Waals surface area (Å²) in [5.74, 6) is 7.94. The minimum Gasteiger partial charge on any atom is -0.335 e. The Morgan fingerprint density at radius 2 is 2.12 bits per heavy atom. The molecule has 0 radical (unpaired) electrons. The zero-order chi connectivity index (χ0) is 17.2.